The fourth-order valence-electron chi connectivity index (χ4n) is 1.93. The van der Waals surface area contributed by atoms with Crippen LogP contribution in [-0.2, 0) is 9.53 Å². The molecule has 0 unspecified atom stereocenters. The second-order valence-corrected chi connectivity index (χ2v) is 5.27. The maximum Gasteiger partial charge on any atom is 0.328 e. The number of rotatable bonds is 5. The molecule has 3 N–H and O–H groups in total. The van der Waals surface area contributed by atoms with E-state index in [0.717, 1.165) is 5.56 Å². The maximum absolute atomic E-state index is 12.2. The van der Waals surface area contributed by atoms with Gasteiger partial charge in [-0.05, 0) is 31.4 Å². The average Bonchev–Trinajstić information content (AvgIpc) is 2.39. The number of nitrogens with one attached hydrogen (secondary N) is 1. The molecule has 1 rings (SSSR count). The molecular weight excluding hydrogens is 256 g/mol. The van der Waals surface area contributed by atoms with Gasteiger partial charge in [0.05, 0.1) is 12.7 Å². The molecule has 110 valence electrons. The van der Waals surface area contributed by atoms with Crippen LogP contribution in [-0.4, -0.2) is 25.0 Å². The zero-order valence-corrected chi connectivity index (χ0v) is 12.4. The molecule has 0 aliphatic rings. The Morgan fingerprint density at radius 1 is 1.35 bits per heavy atom. The minimum absolute atomic E-state index is 0.259. The summed E-state index contributed by atoms with van der Waals surface area (Å²) >= 11 is 0. The topological polar surface area (TPSA) is 81.4 Å². The number of aryl methyl sites for hydroxylation is 1. The summed E-state index contributed by atoms with van der Waals surface area (Å²) in [6, 6.07) is 4.55. The molecule has 1 atom stereocenters. The Bertz CT molecular complexity index is 498. The highest BCUT2D eigenvalue weighted by Gasteiger charge is 2.23. The Morgan fingerprint density at radius 3 is 2.55 bits per heavy atom. The second-order valence-electron chi connectivity index (χ2n) is 5.27. The van der Waals surface area contributed by atoms with Crippen LogP contribution in [0.5, 0.6) is 0 Å². The first-order chi connectivity index (χ1) is 9.35. The highest BCUT2D eigenvalue weighted by molar-refractivity contribution is 6.01. The molecule has 0 bridgehead atoms. The predicted molar refractivity (Wildman–Crippen MR) is 78.3 cm³/mol. The van der Waals surface area contributed by atoms with E-state index in [4.69, 9.17) is 10.5 Å². The van der Waals surface area contributed by atoms with Crippen LogP contribution in [0, 0.1) is 12.8 Å². The zero-order valence-electron chi connectivity index (χ0n) is 12.4. The van der Waals surface area contributed by atoms with E-state index in [0.29, 0.717) is 17.7 Å². The van der Waals surface area contributed by atoms with Crippen LogP contribution in [0.3, 0.4) is 0 Å². The number of esters is 1. The van der Waals surface area contributed by atoms with Gasteiger partial charge in [-0.25, -0.2) is 4.79 Å². The molecule has 0 saturated heterocycles. The lowest BCUT2D eigenvalue weighted by atomic mass is 10.0. The van der Waals surface area contributed by atoms with E-state index in [-0.39, 0.29) is 11.8 Å². The first-order valence-electron chi connectivity index (χ1n) is 6.60. The van der Waals surface area contributed by atoms with Crippen molar-refractivity contribution in [1.82, 2.24) is 5.32 Å². The van der Waals surface area contributed by atoms with Gasteiger partial charge < -0.3 is 15.8 Å². The van der Waals surface area contributed by atoms with Crippen LogP contribution >= 0.6 is 0 Å². The van der Waals surface area contributed by atoms with Gasteiger partial charge in [-0.15, -0.1) is 0 Å². The third-order valence-corrected chi connectivity index (χ3v) is 2.95. The summed E-state index contributed by atoms with van der Waals surface area (Å²) < 4.78 is 4.72. The van der Waals surface area contributed by atoms with Crippen LogP contribution in [0.25, 0.3) is 0 Å². The van der Waals surface area contributed by atoms with Gasteiger partial charge in [0.1, 0.15) is 6.04 Å². The van der Waals surface area contributed by atoms with Crippen molar-refractivity contribution in [3.8, 4) is 0 Å². The molecule has 0 radical (unpaired) electrons. The molecule has 0 heterocycles. The summed E-state index contributed by atoms with van der Waals surface area (Å²) in [6.07, 6.45) is 0.518. The average molecular weight is 278 g/mol. The van der Waals surface area contributed by atoms with Gasteiger partial charge in [0.15, 0.2) is 0 Å². The maximum atomic E-state index is 12.2. The number of nitrogens with two attached hydrogens (primary N) is 1. The lowest BCUT2D eigenvalue weighted by Gasteiger charge is -2.19. The number of anilines is 1. The fraction of sp³-hybridized carbons (Fsp3) is 0.467. The summed E-state index contributed by atoms with van der Waals surface area (Å²) in [5.41, 5.74) is 7.50. The van der Waals surface area contributed by atoms with Crippen molar-refractivity contribution >= 4 is 17.6 Å². The Morgan fingerprint density at radius 2 is 2.00 bits per heavy atom. The highest BCUT2D eigenvalue weighted by Crippen LogP contribution is 2.15. The van der Waals surface area contributed by atoms with Gasteiger partial charge in [-0.2, -0.15) is 0 Å². The smallest absolute Gasteiger partial charge is 0.328 e. The molecule has 5 heteroatoms. The number of carbonyl (C=O) groups excluding carboxylic acids is 2. The van der Waals surface area contributed by atoms with Crippen molar-refractivity contribution in [2.45, 2.75) is 33.2 Å². The molecule has 0 aromatic heterocycles. The predicted octanol–water partition coefficient (Wildman–Crippen LogP) is 1.89. The quantitative estimate of drug-likeness (QED) is 0.636. The summed E-state index contributed by atoms with van der Waals surface area (Å²) in [4.78, 5) is 23.9. The SMILES string of the molecule is COC(=O)[C@H](CC(C)C)NC(=O)c1cc(C)ccc1N. The first kappa shape index (κ1) is 16.0. The van der Waals surface area contributed by atoms with Gasteiger partial charge in [0.25, 0.3) is 5.91 Å². The molecule has 0 aliphatic carbocycles. The Balaban J connectivity index is 2.90. The number of hydrogen-bond acceptors (Lipinski definition) is 4. The van der Waals surface area contributed by atoms with E-state index in [2.05, 4.69) is 5.32 Å². The lowest BCUT2D eigenvalue weighted by molar-refractivity contribution is -0.143. The summed E-state index contributed by atoms with van der Waals surface area (Å²) in [7, 11) is 1.31. The molecule has 0 aliphatic heterocycles. The number of carbonyl (C=O) groups is 2. The fourth-order valence-corrected chi connectivity index (χ4v) is 1.93. The minimum Gasteiger partial charge on any atom is -0.467 e. The Hall–Kier alpha value is -2.04. The van der Waals surface area contributed by atoms with E-state index < -0.39 is 12.0 Å². The largest absolute Gasteiger partial charge is 0.467 e. The molecule has 1 aromatic carbocycles. The lowest BCUT2D eigenvalue weighted by Crippen LogP contribution is -2.42. The van der Waals surface area contributed by atoms with E-state index in [1.807, 2.05) is 26.8 Å². The number of nitrogen functional groups attached to an aromatic ring is 1. The standard InChI is InChI=1S/C15H22N2O3/c1-9(2)7-13(15(19)20-4)17-14(18)11-8-10(3)5-6-12(11)16/h5-6,8-9,13H,7,16H2,1-4H3,(H,17,18)/t13-/m0/s1. The van der Waals surface area contributed by atoms with Crippen LogP contribution in [0.15, 0.2) is 18.2 Å². The Kier molecular flexibility index (Phi) is 5.55. The second kappa shape index (κ2) is 6.93. The molecule has 20 heavy (non-hydrogen) atoms. The number of amides is 1. The van der Waals surface area contributed by atoms with Crippen molar-refractivity contribution in [2.24, 2.45) is 5.92 Å². The van der Waals surface area contributed by atoms with E-state index in [9.17, 15) is 9.59 Å². The molecular formula is C15H22N2O3. The van der Waals surface area contributed by atoms with Gasteiger partial charge in [-0.1, -0.05) is 25.5 Å². The van der Waals surface area contributed by atoms with Crippen LogP contribution in [0.4, 0.5) is 5.69 Å². The van der Waals surface area contributed by atoms with Crippen LogP contribution < -0.4 is 11.1 Å². The zero-order chi connectivity index (χ0) is 15.3. The van der Waals surface area contributed by atoms with Gasteiger partial charge in [0.2, 0.25) is 0 Å². The van der Waals surface area contributed by atoms with Crippen molar-refractivity contribution in [3.05, 3.63) is 29.3 Å². The molecule has 1 aromatic rings. The molecule has 0 saturated carbocycles. The van der Waals surface area contributed by atoms with E-state index in [1.54, 1.807) is 12.1 Å². The Labute approximate surface area is 119 Å². The number of benzene rings is 1. The third-order valence-electron chi connectivity index (χ3n) is 2.95. The van der Waals surface area contributed by atoms with Gasteiger partial charge in [0, 0.05) is 5.69 Å². The molecule has 0 fully saturated rings. The van der Waals surface area contributed by atoms with Crippen LogP contribution in [0.1, 0.15) is 36.2 Å². The van der Waals surface area contributed by atoms with Crippen LogP contribution in [0.2, 0.25) is 0 Å². The van der Waals surface area contributed by atoms with Crippen molar-refractivity contribution in [1.29, 1.82) is 0 Å². The van der Waals surface area contributed by atoms with Gasteiger partial charge >= 0.3 is 5.97 Å². The van der Waals surface area contributed by atoms with Crippen molar-refractivity contribution < 1.29 is 14.3 Å². The first-order valence-corrected chi connectivity index (χ1v) is 6.60. The normalized spacial score (nSPS) is 12.1. The highest BCUT2D eigenvalue weighted by atomic mass is 16.5. The number of methoxy groups -OCH3 is 1. The van der Waals surface area contributed by atoms with Crippen molar-refractivity contribution in [2.75, 3.05) is 12.8 Å². The number of hydrogen-bond donors (Lipinski definition) is 2. The molecule has 0 spiro atoms. The third kappa shape index (κ3) is 4.26. The summed E-state index contributed by atoms with van der Waals surface area (Å²) in [5.74, 6) is -0.546. The minimum atomic E-state index is -0.660. The molecule has 5 nitrogen and oxygen atoms in total. The number of ether oxygens (including phenoxy) is 1. The van der Waals surface area contributed by atoms with Gasteiger partial charge in [-0.3, -0.25) is 4.79 Å². The monoisotopic (exact) mass is 278 g/mol. The molecule has 1 amide bonds. The summed E-state index contributed by atoms with van der Waals surface area (Å²) in [6.45, 7) is 5.83. The summed E-state index contributed by atoms with van der Waals surface area (Å²) in [5, 5.41) is 2.69. The van der Waals surface area contributed by atoms with E-state index in [1.165, 1.54) is 7.11 Å². The van der Waals surface area contributed by atoms with Crippen molar-refractivity contribution in [3.63, 3.8) is 0 Å². The van der Waals surface area contributed by atoms with E-state index >= 15 is 0 Å².